The molecule has 2 aromatic carbocycles. The number of aryl methyl sites for hydroxylation is 1. The number of halogens is 1. The molecule has 0 aromatic heterocycles. The standard InChI is InChI=1S/C21H25FN2O4S2/c1-16-2-8-19(9-3-16)30(27,28)21-15-29(25,26)14-20(21)24-12-10-23(11-13-24)18-6-4-17(22)5-7-18/h2-9,20-21H,10-15H2,1H3/t20-,21-/m0/s1. The van der Waals surface area contributed by atoms with E-state index in [2.05, 4.69) is 4.90 Å². The van der Waals surface area contributed by atoms with Gasteiger partial charge in [0.15, 0.2) is 19.7 Å². The molecule has 2 aliphatic heterocycles. The zero-order valence-corrected chi connectivity index (χ0v) is 18.4. The van der Waals surface area contributed by atoms with Crippen LogP contribution in [0.1, 0.15) is 5.56 Å². The molecule has 2 heterocycles. The Labute approximate surface area is 177 Å². The molecule has 9 heteroatoms. The summed E-state index contributed by atoms with van der Waals surface area (Å²) in [5.41, 5.74) is 1.85. The van der Waals surface area contributed by atoms with E-state index in [-0.39, 0.29) is 22.2 Å². The van der Waals surface area contributed by atoms with Crippen molar-refractivity contribution in [3.05, 3.63) is 59.9 Å². The van der Waals surface area contributed by atoms with Crippen LogP contribution in [0.2, 0.25) is 0 Å². The summed E-state index contributed by atoms with van der Waals surface area (Å²) < 4.78 is 64.5. The van der Waals surface area contributed by atoms with Gasteiger partial charge in [0, 0.05) is 37.9 Å². The third-order valence-electron chi connectivity index (χ3n) is 6.00. The highest BCUT2D eigenvalue weighted by Gasteiger charge is 2.48. The molecule has 2 aromatic rings. The van der Waals surface area contributed by atoms with E-state index >= 15 is 0 Å². The fourth-order valence-corrected chi connectivity index (χ4v) is 9.13. The molecule has 0 N–H and O–H groups in total. The largest absolute Gasteiger partial charge is 0.369 e. The van der Waals surface area contributed by atoms with Crippen LogP contribution in [0.25, 0.3) is 0 Å². The van der Waals surface area contributed by atoms with E-state index in [9.17, 15) is 21.2 Å². The molecule has 0 spiro atoms. The van der Waals surface area contributed by atoms with E-state index in [1.165, 1.54) is 12.1 Å². The third-order valence-corrected chi connectivity index (χ3v) is 10.1. The summed E-state index contributed by atoms with van der Waals surface area (Å²) in [6, 6.07) is 12.3. The van der Waals surface area contributed by atoms with Gasteiger partial charge in [0.2, 0.25) is 0 Å². The minimum absolute atomic E-state index is 0.140. The SMILES string of the molecule is Cc1ccc(S(=O)(=O)[C@H]2CS(=O)(=O)C[C@@H]2N2CCN(c3ccc(F)cc3)CC2)cc1. The number of anilines is 1. The lowest BCUT2D eigenvalue weighted by molar-refractivity contribution is 0.201. The molecule has 0 unspecified atom stereocenters. The van der Waals surface area contributed by atoms with E-state index < -0.39 is 31.0 Å². The number of benzene rings is 2. The van der Waals surface area contributed by atoms with Crippen LogP contribution in [0.5, 0.6) is 0 Å². The van der Waals surface area contributed by atoms with Crippen molar-refractivity contribution < 1.29 is 21.2 Å². The third kappa shape index (κ3) is 4.24. The lowest BCUT2D eigenvalue weighted by atomic mass is 10.1. The van der Waals surface area contributed by atoms with Crippen molar-refractivity contribution in [1.29, 1.82) is 0 Å². The first-order valence-electron chi connectivity index (χ1n) is 9.91. The van der Waals surface area contributed by atoms with E-state index in [1.54, 1.807) is 36.4 Å². The number of hydrogen-bond donors (Lipinski definition) is 0. The monoisotopic (exact) mass is 452 g/mol. The highest BCUT2D eigenvalue weighted by atomic mass is 32.2. The zero-order chi connectivity index (χ0) is 21.5. The molecule has 0 amide bonds. The Kier molecular flexibility index (Phi) is 5.63. The maximum Gasteiger partial charge on any atom is 0.183 e. The summed E-state index contributed by atoms with van der Waals surface area (Å²) in [6.07, 6.45) is 0. The summed E-state index contributed by atoms with van der Waals surface area (Å²) >= 11 is 0. The summed E-state index contributed by atoms with van der Waals surface area (Å²) in [4.78, 5) is 4.26. The molecule has 0 saturated carbocycles. The van der Waals surface area contributed by atoms with Gasteiger partial charge >= 0.3 is 0 Å². The van der Waals surface area contributed by atoms with Gasteiger partial charge in [-0.25, -0.2) is 21.2 Å². The van der Waals surface area contributed by atoms with Gasteiger partial charge in [0.1, 0.15) is 5.82 Å². The molecule has 0 aliphatic carbocycles. The number of nitrogens with zero attached hydrogens (tertiary/aromatic N) is 2. The minimum atomic E-state index is -3.77. The van der Waals surface area contributed by atoms with Crippen molar-refractivity contribution in [3.63, 3.8) is 0 Å². The topological polar surface area (TPSA) is 74.8 Å². The van der Waals surface area contributed by atoms with Crippen molar-refractivity contribution in [1.82, 2.24) is 4.90 Å². The van der Waals surface area contributed by atoms with Crippen molar-refractivity contribution in [2.75, 3.05) is 42.6 Å². The highest BCUT2D eigenvalue weighted by molar-refractivity contribution is 7.96. The Morgan fingerprint density at radius 3 is 2.10 bits per heavy atom. The minimum Gasteiger partial charge on any atom is -0.369 e. The normalized spacial score (nSPS) is 24.8. The Morgan fingerprint density at radius 1 is 0.900 bits per heavy atom. The second-order valence-corrected chi connectivity index (χ2v) is 12.4. The van der Waals surface area contributed by atoms with Crippen LogP contribution in [0.15, 0.2) is 53.4 Å². The van der Waals surface area contributed by atoms with E-state index in [0.29, 0.717) is 26.2 Å². The number of hydrogen-bond acceptors (Lipinski definition) is 6. The van der Waals surface area contributed by atoms with Gasteiger partial charge in [-0.1, -0.05) is 17.7 Å². The molecular formula is C21H25FN2O4S2. The van der Waals surface area contributed by atoms with Gasteiger partial charge in [-0.05, 0) is 43.3 Å². The Morgan fingerprint density at radius 2 is 1.50 bits per heavy atom. The van der Waals surface area contributed by atoms with E-state index in [1.807, 2.05) is 11.8 Å². The molecule has 2 atom stereocenters. The average molecular weight is 453 g/mol. The second-order valence-electron chi connectivity index (χ2n) is 8.04. The molecule has 4 rings (SSSR count). The smallest absolute Gasteiger partial charge is 0.183 e. The fourth-order valence-electron chi connectivity index (χ4n) is 4.30. The highest BCUT2D eigenvalue weighted by Crippen LogP contribution is 2.30. The summed E-state index contributed by atoms with van der Waals surface area (Å²) in [5.74, 6) is -0.775. The van der Waals surface area contributed by atoms with Crippen LogP contribution < -0.4 is 4.90 Å². The maximum atomic E-state index is 13.3. The lowest BCUT2D eigenvalue weighted by Gasteiger charge is -2.40. The Hall–Kier alpha value is -1.97. The summed E-state index contributed by atoms with van der Waals surface area (Å²) in [7, 11) is -7.21. The van der Waals surface area contributed by atoms with Crippen molar-refractivity contribution in [3.8, 4) is 0 Å². The first kappa shape index (κ1) is 21.3. The van der Waals surface area contributed by atoms with Crippen LogP contribution in [0, 0.1) is 12.7 Å². The van der Waals surface area contributed by atoms with Gasteiger partial charge in [0.05, 0.1) is 21.7 Å². The zero-order valence-electron chi connectivity index (χ0n) is 16.7. The Balaban J connectivity index is 1.53. The lowest BCUT2D eigenvalue weighted by Crippen LogP contribution is -2.55. The molecule has 162 valence electrons. The van der Waals surface area contributed by atoms with Crippen molar-refractivity contribution in [2.24, 2.45) is 0 Å². The predicted molar refractivity (Wildman–Crippen MR) is 115 cm³/mol. The van der Waals surface area contributed by atoms with Crippen LogP contribution in [-0.4, -0.2) is 70.7 Å². The molecule has 0 bridgehead atoms. The van der Waals surface area contributed by atoms with Crippen molar-refractivity contribution in [2.45, 2.75) is 23.1 Å². The van der Waals surface area contributed by atoms with Gasteiger partial charge in [0.25, 0.3) is 0 Å². The summed E-state index contributed by atoms with van der Waals surface area (Å²) in [6.45, 7) is 4.23. The molecule has 2 aliphatic rings. The van der Waals surface area contributed by atoms with Gasteiger partial charge in [-0.2, -0.15) is 0 Å². The molecule has 2 saturated heterocycles. The number of piperazine rings is 1. The second kappa shape index (κ2) is 7.94. The maximum absolute atomic E-state index is 13.3. The first-order valence-corrected chi connectivity index (χ1v) is 13.3. The Bertz CT molecular complexity index is 1110. The van der Waals surface area contributed by atoms with E-state index in [4.69, 9.17) is 0 Å². The van der Waals surface area contributed by atoms with Gasteiger partial charge in [-0.3, -0.25) is 4.90 Å². The van der Waals surface area contributed by atoms with E-state index in [0.717, 1.165) is 11.3 Å². The number of rotatable bonds is 4. The quantitative estimate of drug-likeness (QED) is 0.705. The van der Waals surface area contributed by atoms with Crippen LogP contribution in [0.3, 0.4) is 0 Å². The van der Waals surface area contributed by atoms with Crippen LogP contribution in [0.4, 0.5) is 10.1 Å². The molecule has 0 radical (unpaired) electrons. The first-order chi connectivity index (χ1) is 14.2. The van der Waals surface area contributed by atoms with Crippen molar-refractivity contribution >= 4 is 25.4 Å². The van der Waals surface area contributed by atoms with Crippen LogP contribution in [-0.2, 0) is 19.7 Å². The molecule has 2 fully saturated rings. The predicted octanol–water partition coefficient (Wildman–Crippen LogP) is 1.90. The number of sulfone groups is 2. The van der Waals surface area contributed by atoms with Gasteiger partial charge in [-0.15, -0.1) is 0 Å². The molecular weight excluding hydrogens is 427 g/mol. The average Bonchev–Trinajstić information content (AvgIpc) is 3.05. The van der Waals surface area contributed by atoms with Crippen LogP contribution >= 0.6 is 0 Å². The molecule has 6 nitrogen and oxygen atoms in total. The summed E-state index contributed by atoms with van der Waals surface area (Å²) in [5, 5.41) is -0.970. The fraction of sp³-hybridized carbons (Fsp3) is 0.429. The van der Waals surface area contributed by atoms with Gasteiger partial charge < -0.3 is 4.90 Å². The molecule has 30 heavy (non-hydrogen) atoms.